The number of hydrogen-bond donors (Lipinski definition) is 4. The van der Waals surface area contributed by atoms with Crippen LogP contribution >= 0.6 is 0 Å². The number of hydrogen-bond acceptors (Lipinski definition) is 2. The van der Waals surface area contributed by atoms with Gasteiger partial charge in [-0.2, -0.15) is 0 Å². The van der Waals surface area contributed by atoms with Crippen LogP contribution in [0.5, 0.6) is 0 Å². The van der Waals surface area contributed by atoms with Gasteiger partial charge in [0, 0.05) is 12.6 Å². The Balaban J connectivity index is 3.27. The van der Waals surface area contributed by atoms with Gasteiger partial charge >= 0.3 is 12.1 Å². The Kier molecular flexibility index (Phi) is 11.7. The van der Waals surface area contributed by atoms with E-state index in [1.165, 1.54) is 25.7 Å². The molecule has 0 radical (unpaired) electrons. The number of amides is 4. The maximum absolute atomic E-state index is 10.7. The molecule has 1 unspecified atom stereocenters. The summed E-state index contributed by atoms with van der Waals surface area (Å²) >= 11 is 0. The number of nitrogens with two attached hydrogens (primary N) is 2. The zero-order chi connectivity index (χ0) is 15.2. The van der Waals surface area contributed by atoms with Crippen molar-refractivity contribution in [3.8, 4) is 0 Å². The van der Waals surface area contributed by atoms with Crippen molar-refractivity contribution in [1.29, 1.82) is 0 Å². The van der Waals surface area contributed by atoms with E-state index in [1.807, 2.05) is 0 Å². The standard InChI is InChI=1S/C14H30N4O2/c1-2-12(18-14(16)20)10-8-6-4-3-5-7-9-11-17-13(15)19/h12H,2-11H2,1H3,(H3,15,17,19)(H3,16,18,20). The summed E-state index contributed by atoms with van der Waals surface area (Å²) in [4.78, 5) is 21.2. The highest BCUT2D eigenvalue weighted by molar-refractivity contribution is 5.72. The van der Waals surface area contributed by atoms with Crippen LogP contribution < -0.4 is 22.1 Å². The molecule has 0 aromatic heterocycles. The van der Waals surface area contributed by atoms with Gasteiger partial charge in [-0.15, -0.1) is 0 Å². The van der Waals surface area contributed by atoms with Gasteiger partial charge in [-0.1, -0.05) is 45.4 Å². The van der Waals surface area contributed by atoms with Crippen LogP contribution in [0.1, 0.15) is 64.7 Å². The molecule has 1 atom stereocenters. The molecule has 0 aliphatic carbocycles. The third-order valence-electron chi connectivity index (χ3n) is 3.37. The van der Waals surface area contributed by atoms with E-state index in [0.29, 0.717) is 6.54 Å². The summed E-state index contributed by atoms with van der Waals surface area (Å²) in [5.41, 5.74) is 10.1. The molecule has 6 heteroatoms. The van der Waals surface area contributed by atoms with Crippen LogP contribution in [0.25, 0.3) is 0 Å². The number of urea groups is 2. The van der Waals surface area contributed by atoms with Crippen molar-refractivity contribution >= 4 is 12.1 Å². The summed E-state index contributed by atoms with van der Waals surface area (Å²) < 4.78 is 0. The predicted octanol–water partition coefficient (Wildman–Crippen LogP) is 2.22. The normalized spacial score (nSPS) is 11.8. The summed E-state index contributed by atoms with van der Waals surface area (Å²) in [5, 5.41) is 5.34. The molecule has 0 aromatic rings. The van der Waals surface area contributed by atoms with Crippen molar-refractivity contribution in [3.05, 3.63) is 0 Å². The Labute approximate surface area is 122 Å². The fourth-order valence-electron chi connectivity index (χ4n) is 2.19. The number of rotatable bonds is 12. The first-order valence-electron chi connectivity index (χ1n) is 7.65. The molecule has 0 saturated carbocycles. The van der Waals surface area contributed by atoms with Gasteiger partial charge in [-0.3, -0.25) is 0 Å². The molecule has 6 N–H and O–H groups in total. The minimum absolute atomic E-state index is 0.215. The van der Waals surface area contributed by atoms with E-state index in [2.05, 4.69) is 17.6 Å². The Bertz CT molecular complexity index is 272. The second kappa shape index (κ2) is 12.6. The highest BCUT2D eigenvalue weighted by atomic mass is 16.2. The van der Waals surface area contributed by atoms with Crippen molar-refractivity contribution in [2.75, 3.05) is 6.54 Å². The number of carbonyl (C=O) groups is 2. The number of unbranched alkanes of at least 4 members (excludes halogenated alkanes) is 6. The number of carbonyl (C=O) groups excluding carboxylic acids is 2. The van der Waals surface area contributed by atoms with Gasteiger partial charge < -0.3 is 22.1 Å². The van der Waals surface area contributed by atoms with E-state index in [0.717, 1.165) is 32.1 Å². The molecule has 0 fully saturated rings. The Morgan fingerprint density at radius 1 is 0.900 bits per heavy atom. The lowest BCUT2D eigenvalue weighted by atomic mass is 10.0. The molecular formula is C14H30N4O2. The molecule has 118 valence electrons. The molecule has 0 aromatic carbocycles. The average molecular weight is 286 g/mol. The third kappa shape index (κ3) is 13.0. The van der Waals surface area contributed by atoms with E-state index >= 15 is 0 Å². The summed E-state index contributed by atoms with van der Waals surface area (Å²) in [5.74, 6) is 0. The van der Waals surface area contributed by atoms with Crippen molar-refractivity contribution in [1.82, 2.24) is 10.6 Å². The van der Waals surface area contributed by atoms with Gasteiger partial charge in [-0.25, -0.2) is 9.59 Å². The summed E-state index contributed by atoms with van der Waals surface area (Å²) in [7, 11) is 0. The Morgan fingerprint density at radius 3 is 1.95 bits per heavy atom. The van der Waals surface area contributed by atoms with Crippen LogP contribution in [0.15, 0.2) is 0 Å². The van der Waals surface area contributed by atoms with Gasteiger partial charge in [-0.05, 0) is 19.3 Å². The smallest absolute Gasteiger partial charge is 0.312 e. The first kappa shape index (κ1) is 18.5. The topological polar surface area (TPSA) is 110 Å². The molecule has 0 aliphatic rings. The van der Waals surface area contributed by atoms with E-state index in [1.54, 1.807) is 0 Å². The molecule has 20 heavy (non-hydrogen) atoms. The molecule has 4 amide bonds. The molecule has 0 bridgehead atoms. The van der Waals surface area contributed by atoms with Crippen LogP contribution in [0, 0.1) is 0 Å². The average Bonchev–Trinajstić information content (AvgIpc) is 2.38. The summed E-state index contributed by atoms with van der Waals surface area (Å²) in [6, 6.07) is -0.658. The van der Waals surface area contributed by atoms with Gasteiger partial charge in [0.05, 0.1) is 0 Å². The van der Waals surface area contributed by atoms with Crippen LogP contribution in [0.2, 0.25) is 0 Å². The summed E-state index contributed by atoms with van der Waals surface area (Å²) in [6.45, 7) is 2.73. The third-order valence-corrected chi connectivity index (χ3v) is 3.37. The van der Waals surface area contributed by atoms with Gasteiger partial charge in [0.15, 0.2) is 0 Å². The van der Waals surface area contributed by atoms with Crippen LogP contribution in [0.3, 0.4) is 0 Å². The van der Waals surface area contributed by atoms with Crippen molar-refractivity contribution < 1.29 is 9.59 Å². The van der Waals surface area contributed by atoms with Crippen molar-refractivity contribution in [2.24, 2.45) is 11.5 Å². The van der Waals surface area contributed by atoms with E-state index in [4.69, 9.17) is 11.5 Å². The van der Waals surface area contributed by atoms with E-state index < -0.39 is 12.1 Å². The highest BCUT2D eigenvalue weighted by Crippen LogP contribution is 2.10. The lowest BCUT2D eigenvalue weighted by Gasteiger charge is -2.14. The summed E-state index contributed by atoms with van der Waals surface area (Å²) in [6.07, 6.45) is 9.99. The zero-order valence-corrected chi connectivity index (χ0v) is 12.6. The maximum Gasteiger partial charge on any atom is 0.312 e. The Hall–Kier alpha value is -1.46. The quantitative estimate of drug-likeness (QED) is 0.412. The van der Waals surface area contributed by atoms with Gasteiger partial charge in [0.2, 0.25) is 0 Å². The van der Waals surface area contributed by atoms with E-state index in [9.17, 15) is 9.59 Å². The molecule has 0 spiro atoms. The fourth-order valence-corrected chi connectivity index (χ4v) is 2.19. The second-order valence-electron chi connectivity index (χ2n) is 5.17. The van der Waals surface area contributed by atoms with Crippen LogP contribution in [-0.4, -0.2) is 24.6 Å². The van der Waals surface area contributed by atoms with Crippen LogP contribution in [-0.2, 0) is 0 Å². The SMILES string of the molecule is CCC(CCCCCCCCCNC(N)=O)NC(N)=O. The second-order valence-corrected chi connectivity index (χ2v) is 5.17. The largest absolute Gasteiger partial charge is 0.352 e. The number of nitrogens with one attached hydrogen (secondary N) is 2. The molecule has 0 rings (SSSR count). The Morgan fingerprint density at radius 2 is 1.45 bits per heavy atom. The first-order chi connectivity index (χ1) is 9.56. The lowest BCUT2D eigenvalue weighted by Crippen LogP contribution is -2.38. The first-order valence-corrected chi connectivity index (χ1v) is 7.65. The molecule has 0 heterocycles. The molecule has 0 saturated heterocycles. The van der Waals surface area contributed by atoms with E-state index in [-0.39, 0.29) is 6.04 Å². The van der Waals surface area contributed by atoms with Crippen molar-refractivity contribution in [3.63, 3.8) is 0 Å². The van der Waals surface area contributed by atoms with Crippen molar-refractivity contribution in [2.45, 2.75) is 70.8 Å². The molecule has 0 aliphatic heterocycles. The zero-order valence-electron chi connectivity index (χ0n) is 12.6. The molecular weight excluding hydrogens is 256 g/mol. The predicted molar refractivity (Wildman–Crippen MR) is 81.3 cm³/mol. The monoisotopic (exact) mass is 286 g/mol. The number of primary amides is 2. The minimum Gasteiger partial charge on any atom is -0.352 e. The molecule has 6 nitrogen and oxygen atoms in total. The fraction of sp³-hybridized carbons (Fsp3) is 0.857. The maximum atomic E-state index is 10.7. The minimum atomic E-state index is -0.444. The highest BCUT2D eigenvalue weighted by Gasteiger charge is 2.06. The lowest BCUT2D eigenvalue weighted by molar-refractivity contribution is 0.243. The van der Waals surface area contributed by atoms with Crippen LogP contribution in [0.4, 0.5) is 9.59 Å². The van der Waals surface area contributed by atoms with Gasteiger partial charge in [0.1, 0.15) is 0 Å². The van der Waals surface area contributed by atoms with Gasteiger partial charge in [0.25, 0.3) is 0 Å².